The molecule has 2 aliphatic rings. The van der Waals surface area contributed by atoms with Gasteiger partial charge in [0.2, 0.25) is 0 Å². The minimum Gasteiger partial charge on any atom is -0.493 e. The summed E-state index contributed by atoms with van der Waals surface area (Å²) in [7, 11) is 4.13. The number of urea groups is 1. The zero-order valence-corrected chi connectivity index (χ0v) is 19.8. The van der Waals surface area contributed by atoms with Crippen molar-refractivity contribution >= 4 is 6.03 Å². The van der Waals surface area contributed by atoms with Gasteiger partial charge in [-0.25, -0.2) is 4.79 Å². The van der Waals surface area contributed by atoms with E-state index in [0.29, 0.717) is 37.7 Å². The zero-order valence-electron chi connectivity index (χ0n) is 19.8. The summed E-state index contributed by atoms with van der Waals surface area (Å²) in [6.45, 7) is 5.99. The van der Waals surface area contributed by atoms with Crippen LogP contribution in [-0.4, -0.2) is 57.4 Å². The van der Waals surface area contributed by atoms with Gasteiger partial charge in [-0.3, -0.25) is 4.68 Å². The van der Waals surface area contributed by atoms with Crippen molar-refractivity contribution in [2.45, 2.75) is 70.7 Å². The summed E-state index contributed by atoms with van der Waals surface area (Å²) in [5.41, 5.74) is 1.97. The summed E-state index contributed by atoms with van der Waals surface area (Å²) in [6, 6.07) is 11.5. The predicted molar refractivity (Wildman–Crippen MR) is 125 cm³/mol. The van der Waals surface area contributed by atoms with Crippen molar-refractivity contribution < 1.29 is 9.53 Å². The average Bonchev–Trinajstić information content (AvgIpc) is 3.24. The number of rotatable bonds is 8. The molecule has 174 valence electrons. The van der Waals surface area contributed by atoms with Crippen LogP contribution in [0.5, 0.6) is 5.75 Å². The monoisotopic (exact) mass is 439 g/mol. The third kappa shape index (κ3) is 5.63. The van der Waals surface area contributed by atoms with Gasteiger partial charge in [0.1, 0.15) is 5.75 Å². The van der Waals surface area contributed by atoms with E-state index in [4.69, 9.17) is 4.74 Å². The zero-order chi connectivity index (χ0) is 22.7. The molecule has 3 atom stereocenters. The summed E-state index contributed by atoms with van der Waals surface area (Å²) in [5.74, 6) is 1.35. The van der Waals surface area contributed by atoms with Gasteiger partial charge in [-0.2, -0.15) is 5.10 Å². The molecule has 1 unspecified atom stereocenters. The molecular weight excluding hydrogens is 402 g/mol. The van der Waals surface area contributed by atoms with Gasteiger partial charge in [-0.1, -0.05) is 26.0 Å². The molecule has 2 amide bonds. The van der Waals surface area contributed by atoms with E-state index in [1.54, 1.807) is 4.68 Å². The van der Waals surface area contributed by atoms with E-state index in [1.165, 1.54) is 12.8 Å². The first-order chi connectivity index (χ1) is 15.4. The normalized spacial score (nSPS) is 22.8. The largest absolute Gasteiger partial charge is 0.493 e. The highest BCUT2D eigenvalue weighted by Gasteiger charge is 2.39. The molecule has 0 saturated carbocycles. The molecule has 2 aliphatic heterocycles. The third-order valence-electron chi connectivity index (χ3n) is 6.71. The van der Waals surface area contributed by atoms with Crippen LogP contribution in [0, 0.1) is 5.92 Å². The van der Waals surface area contributed by atoms with Crippen LogP contribution in [0.25, 0.3) is 0 Å². The van der Waals surface area contributed by atoms with Gasteiger partial charge in [0.15, 0.2) is 0 Å². The Morgan fingerprint density at radius 3 is 2.41 bits per heavy atom. The lowest BCUT2D eigenvalue weighted by atomic mass is 9.98. The van der Waals surface area contributed by atoms with E-state index in [-0.39, 0.29) is 12.1 Å². The molecule has 4 rings (SSSR count). The van der Waals surface area contributed by atoms with Crippen molar-refractivity contribution in [3.8, 4) is 5.75 Å². The number of benzene rings is 1. The number of carbonyl (C=O) groups excluding carboxylic acids is 1. The Labute approximate surface area is 191 Å². The summed E-state index contributed by atoms with van der Waals surface area (Å²) < 4.78 is 7.58. The number of carbonyl (C=O) groups is 1. The molecular formula is C25H37N5O2. The third-order valence-corrected chi connectivity index (χ3v) is 6.71. The fourth-order valence-corrected chi connectivity index (χ4v) is 4.91. The van der Waals surface area contributed by atoms with E-state index < -0.39 is 0 Å². The SMILES string of the molecule is CC(C)COc1ccc(CN(Cc2ccn(C)n2)C(=O)NC2C[C@H]3CC[C@@H](C2)N3C)cc1. The molecule has 2 fully saturated rings. The number of nitrogens with zero attached hydrogens (tertiary/aromatic N) is 4. The fourth-order valence-electron chi connectivity index (χ4n) is 4.91. The molecule has 3 heterocycles. The average molecular weight is 440 g/mol. The Kier molecular flexibility index (Phi) is 7.04. The second-order valence-electron chi connectivity index (χ2n) is 9.85. The van der Waals surface area contributed by atoms with Crippen molar-refractivity contribution in [3.05, 3.63) is 47.8 Å². The Morgan fingerprint density at radius 2 is 1.81 bits per heavy atom. The molecule has 2 saturated heterocycles. The fraction of sp³-hybridized carbons (Fsp3) is 0.600. The van der Waals surface area contributed by atoms with E-state index in [1.807, 2.05) is 48.5 Å². The lowest BCUT2D eigenvalue weighted by molar-refractivity contribution is 0.139. The van der Waals surface area contributed by atoms with Crippen LogP contribution in [-0.2, 0) is 20.1 Å². The van der Waals surface area contributed by atoms with Crippen LogP contribution in [0.3, 0.4) is 0 Å². The molecule has 32 heavy (non-hydrogen) atoms. The van der Waals surface area contributed by atoms with Crippen LogP contribution in [0.2, 0.25) is 0 Å². The number of amides is 2. The van der Waals surface area contributed by atoms with E-state index >= 15 is 0 Å². The summed E-state index contributed by atoms with van der Waals surface area (Å²) in [5, 5.41) is 7.82. The van der Waals surface area contributed by atoms with Crippen LogP contribution in [0.1, 0.15) is 50.8 Å². The molecule has 7 heteroatoms. The van der Waals surface area contributed by atoms with Crippen molar-refractivity contribution in [1.82, 2.24) is 24.9 Å². The molecule has 2 aromatic rings. The summed E-state index contributed by atoms with van der Waals surface area (Å²) in [6.07, 6.45) is 6.49. The van der Waals surface area contributed by atoms with Crippen LogP contribution in [0.4, 0.5) is 4.79 Å². The Morgan fingerprint density at radius 1 is 1.12 bits per heavy atom. The Balaban J connectivity index is 1.42. The predicted octanol–water partition coefficient (Wildman–Crippen LogP) is 3.79. The van der Waals surface area contributed by atoms with Crippen molar-refractivity contribution in [2.75, 3.05) is 13.7 Å². The van der Waals surface area contributed by atoms with Crippen LogP contribution < -0.4 is 10.1 Å². The highest BCUT2D eigenvalue weighted by Crippen LogP contribution is 2.34. The molecule has 1 aromatic heterocycles. The number of aromatic nitrogens is 2. The maximum atomic E-state index is 13.3. The molecule has 7 nitrogen and oxygen atoms in total. The summed E-state index contributed by atoms with van der Waals surface area (Å²) in [4.78, 5) is 17.7. The Hall–Kier alpha value is -2.54. The van der Waals surface area contributed by atoms with Crippen LogP contribution in [0.15, 0.2) is 36.5 Å². The van der Waals surface area contributed by atoms with E-state index in [0.717, 1.165) is 29.8 Å². The molecule has 0 spiro atoms. The van der Waals surface area contributed by atoms with Crippen molar-refractivity contribution in [1.29, 1.82) is 0 Å². The van der Waals surface area contributed by atoms with Gasteiger partial charge in [-0.15, -0.1) is 0 Å². The summed E-state index contributed by atoms with van der Waals surface area (Å²) >= 11 is 0. The molecule has 1 aromatic carbocycles. The van der Waals surface area contributed by atoms with Crippen LogP contribution >= 0.6 is 0 Å². The van der Waals surface area contributed by atoms with Gasteiger partial charge in [0.25, 0.3) is 0 Å². The number of hydrogen-bond donors (Lipinski definition) is 1. The molecule has 2 bridgehead atoms. The maximum absolute atomic E-state index is 13.3. The number of hydrogen-bond acceptors (Lipinski definition) is 4. The Bertz CT molecular complexity index is 880. The highest BCUT2D eigenvalue weighted by atomic mass is 16.5. The molecule has 1 N–H and O–H groups in total. The molecule has 0 aliphatic carbocycles. The van der Waals surface area contributed by atoms with E-state index in [2.05, 4.69) is 36.2 Å². The smallest absolute Gasteiger partial charge is 0.318 e. The number of ether oxygens (including phenoxy) is 1. The number of aryl methyl sites for hydroxylation is 1. The first kappa shape index (κ1) is 22.6. The second kappa shape index (κ2) is 9.94. The van der Waals surface area contributed by atoms with Gasteiger partial charge < -0.3 is 19.9 Å². The maximum Gasteiger partial charge on any atom is 0.318 e. The van der Waals surface area contributed by atoms with E-state index in [9.17, 15) is 4.79 Å². The van der Waals surface area contributed by atoms with Crippen molar-refractivity contribution in [3.63, 3.8) is 0 Å². The quantitative estimate of drug-likeness (QED) is 0.680. The van der Waals surface area contributed by atoms with Gasteiger partial charge >= 0.3 is 6.03 Å². The highest BCUT2D eigenvalue weighted by molar-refractivity contribution is 5.74. The lowest BCUT2D eigenvalue weighted by Crippen LogP contribution is -2.51. The van der Waals surface area contributed by atoms with Gasteiger partial charge in [0, 0.05) is 37.9 Å². The second-order valence-corrected chi connectivity index (χ2v) is 9.85. The minimum atomic E-state index is -0.00950. The topological polar surface area (TPSA) is 62.6 Å². The number of piperidine rings is 1. The standard InChI is InChI=1S/C25H37N5O2/c1-18(2)17-32-24-9-5-19(6-10-24)15-30(16-20-11-12-28(3)27-20)25(31)26-21-13-22-7-8-23(14-21)29(22)4/h5-6,9-12,18,21-23H,7-8,13-17H2,1-4H3,(H,26,31)/t21?,22-,23+. The number of nitrogens with one attached hydrogen (secondary N) is 1. The van der Waals surface area contributed by atoms with Gasteiger partial charge in [0.05, 0.1) is 18.8 Å². The van der Waals surface area contributed by atoms with Crippen molar-refractivity contribution in [2.24, 2.45) is 13.0 Å². The van der Waals surface area contributed by atoms with Gasteiger partial charge in [-0.05, 0) is 62.4 Å². The minimum absolute atomic E-state index is 0.00950. The molecule has 0 radical (unpaired) electrons. The number of fused-ring (bicyclic) bond motifs is 2. The lowest BCUT2D eigenvalue weighted by Gasteiger charge is -2.37. The first-order valence-corrected chi connectivity index (χ1v) is 11.8. The first-order valence-electron chi connectivity index (χ1n) is 11.8.